The number of ether oxygens (including phenoxy) is 3. The number of nitrogens with one attached hydrogen (secondary N) is 1. The summed E-state index contributed by atoms with van der Waals surface area (Å²) in [5.41, 5.74) is 3.12. The lowest BCUT2D eigenvalue weighted by Gasteiger charge is -2.10. The van der Waals surface area contributed by atoms with Gasteiger partial charge in [0.05, 0.1) is 13.2 Å². The lowest BCUT2D eigenvalue weighted by Crippen LogP contribution is -2.13. The zero-order valence-corrected chi connectivity index (χ0v) is 21.6. The number of aromatic nitrogens is 2. The molecule has 0 spiro atoms. The summed E-state index contributed by atoms with van der Waals surface area (Å²) in [5.74, 6) is 0.989. The van der Waals surface area contributed by atoms with Crippen LogP contribution in [0.2, 0.25) is 0 Å². The monoisotopic (exact) mass is 506 g/mol. The molecule has 0 saturated carbocycles. The van der Waals surface area contributed by atoms with Crippen molar-refractivity contribution in [2.45, 2.75) is 33.6 Å². The van der Waals surface area contributed by atoms with Crippen molar-refractivity contribution >= 4 is 28.5 Å². The minimum Gasteiger partial charge on any atom is -0.491 e. The highest BCUT2D eigenvalue weighted by Gasteiger charge is 2.12. The molecular weight excluding hydrogens is 476 g/mol. The number of rotatable bonds is 13. The van der Waals surface area contributed by atoms with Crippen LogP contribution < -0.4 is 14.8 Å². The molecule has 1 heterocycles. The van der Waals surface area contributed by atoms with Crippen LogP contribution in [-0.2, 0) is 16.0 Å². The lowest BCUT2D eigenvalue weighted by molar-refractivity contribution is -0.112. The number of benzene rings is 2. The Morgan fingerprint density at radius 1 is 1.00 bits per heavy atom. The van der Waals surface area contributed by atoms with Crippen LogP contribution in [0, 0.1) is 25.2 Å². The molecule has 0 aliphatic heterocycles. The van der Waals surface area contributed by atoms with E-state index in [4.69, 9.17) is 14.2 Å². The average Bonchev–Trinajstić information content (AvgIpc) is 3.31. The van der Waals surface area contributed by atoms with E-state index in [1.807, 2.05) is 31.2 Å². The minimum absolute atomic E-state index is 0.0210. The smallest absolute Gasteiger partial charge is 0.268 e. The second-order valence-electron chi connectivity index (χ2n) is 8.00. The largest absolute Gasteiger partial charge is 0.491 e. The Balaban J connectivity index is 1.38. The number of nitrogens with zero attached hydrogens (tertiary/aromatic N) is 3. The molecule has 36 heavy (non-hydrogen) atoms. The predicted octanol–water partition coefficient (Wildman–Crippen LogP) is 5.13. The highest BCUT2D eigenvalue weighted by Crippen LogP contribution is 2.19. The van der Waals surface area contributed by atoms with Gasteiger partial charge in [0.1, 0.15) is 41.4 Å². The molecule has 0 saturated heterocycles. The molecule has 1 amide bonds. The zero-order chi connectivity index (χ0) is 25.8. The van der Waals surface area contributed by atoms with Crippen LogP contribution in [0.4, 0.5) is 5.13 Å². The number of hydrogen-bond donors (Lipinski definition) is 1. The first-order chi connectivity index (χ1) is 17.5. The van der Waals surface area contributed by atoms with E-state index in [0.717, 1.165) is 23.6 Å². The van der Waals surface area contributed by atoms with Gasteiger partial charge in [0.15, 0.2) is 0 Å². The Labute approximate surface area is 215 Å². The van der Waals surface area contributed by atoms with Crippen LogP contribution in [0.5, 0.6) is 11.5 Å². The number of carbonyl (C=O) groups excluding carboxylic acids is 1. The summed E-state index contributed by atoms with van der Waals surface area (Å²) in [6.45, 7) is 7.94. The first-order valence-electron chi connectivity index (χ1n) is 11.7. The predicted molar refractivity (Wildman–Crippen MR) is 140 cm³/mol. The maximum atomic E-state index is 12.4. The van der Waals surface area contributed by atoms with Crippen molar-refractivity contribution in [1.29, 1.82) is 5.26 Å². The van der Waals surface area contributed by atoms with E-state index in [1.54, 1.807) is 24.3 Å². The Morgan fingerprint density at radius 3 is 2.36 bits per heavy atom. The molecule has 0 aliphatic rings. The normalized spacial score (nSPS) is 11.1. The highest BCUT2D eigenvalue weighted by molar-refractivity contribution is 7.15. The van der Waals surface area contributed by atoms with Crippen LogP contribution in [0.1, 0.15) is 35.0 Å². The summed E-state index contributed by atoms with van der Waals surface area (Å²) < 4.78 is 16.9. The van der Waals surface area contributed by atoms with E-state index < -0.39 is 5.91 Å². The fourth-order valence-electron chi connectivity index (χ4n) is 3.10. The third-order valence-corrected chi connectivity index (χ3v) is 6.08. The van der Waals surface area contributed by atoms with E-state index in [-0.39, 0.29) is 5.57 Å². The van der Waals surface area contributed by atoms with E-state index in [0.29, 0.717) is 42.9 Å². The molecule has 0 aliphatic carbocycles. The third-order valence-electron chi connectivity index (χ3n) is 5.18. The van der Waals surface area contributed by atoms with E-state index in [9.17, 15) is 10.1 Å². The van der Waals surface area contributed by atoms with Crippen molar-refractivity contribution in [1.82, 2.24) is 10.2 Å². The van der Waals surface area contributed by atoms with Gasteiger partial charge >= 0.3 is 0 Å². The molecule has 0 unspecified atom stereocenters. The Morgan fingerprint density at radius 2 is 1.69 bits per heavy atom. The average molecular weight is 507 g/mol. The van der Waals surface area contributed by atoms with E-state index in [1.165, 1.54) is 28.5 Å². The minimum atomic E-state index is -0.518. The van der Waals surface area contributed by atoms with Crippen LogP contribution in [0.3, 0.4) is 0 Å². The van der Waals surface area contributed by atoms with Gasteiger partial charge in [-0.25, -0.2) is 0 Å². The Hall–Kier alpha value is -3.74. The maximum Gasteiger partial charge on any atom is 0.268 e. The second kappa shape index (κ2) is 14.0. The summed E-state index contributed by atoms with van der Waals surface area (Å²) in [5, 5.41) is 21.2. The highest BCUT2D eigenvalue weighted by atomic mass is 32.1. The number of carbonyl (C=O) groups is 1. The fourth-order valence-corrected chi connectivity index (χ4v) is 3.94. The molecule has 2 aromatic carbocycles. The SMILES string of the molecule is CCCc1nnc(NC(=O)/C(C#N)=C\c2ccc(OCCOCCOc3ccc(C)c(C)c3)cc2)s1. The Bertz CT molecular complexity index is 1220. The number of amides is 1. The number of anilines is 1. The van der Waals surface area contributed by atoms with Gasteiger partial charge in [-0.1, -0.05) is 36.5 Å². The van der Waals surface area contributed by atoms with E-state index in [2.05, 4.69) is 29.4 Å². The molecular formula is C27H30N4O4S. The lowest BCUT2D eigenvalue weighted by atomic mass is 10.1. The summed E-state index contributed by atoms with van der Waals surface area (Å²) in [6, 6.07) is 15.1. The number of aryl methyl sites for hydroxylation is 3. The molecule has 1 N–H and O–H groups in total. The topological polar surface area (TPSA) is 106 Å². The number of hydrogen-bond acceptors (Lipinski definition) is 8. The molecule has 9 heteroatoms. The van der Waals surface area contributed by atoms with Crippen LogP contribution >= 0.6 is 11.3 Å². The molecule has 1 aromatic heterocycles. The van der Waals surface area contributed by atoms with Gasteiger partial charge in [-0.2, -0.15) is 5.26 Å². The third kappa shape index (κ3) is 8.48. The first-order valence-corrected chi connectivity index (χ1v) is 12.6. The maximum absolute atomic E-state index is 12.4. The fraction of sp³-hybridized carbons (Fsp3) is 0.333. The van der Waals surface area contributed by atoms with Crippen molar-refractivity contribution in [3.63, 3.8) is 0 Å². The van der Waals surface area contributed by atoms with Gasteiger partial charge in [-0.05, 0) is 67.3 Å². The van der Waals surface area contributed by atoms with Crippen molar-refractivity contribution in [3.05, 3.63) is 69.7 Å². The van der Waals surface area contributed by atoms with E-state index >= 15 is 0 Å². The first kappa shape index (κ1) is 26.9. The molecule has 0 bridgehead atoms. The molecule has 188 valence electrons. The van der Waals surface area contributed by atoms with Crippen molar-refractivity contribution in [2.24, 2.45) is 0 Å². The summed E-state index contributed by atoms with van der Waals surface area (Å²) in [4.78, 5) is 12.4. The summed E-state index contributed by atoms with van der Waals surface area (Å²) in [6.07, 6.45) is 3.27. The van der Waals surface area contributed by atoms with Gasteiger partial charge in [-0.3, -0.25) is 10.1 Å². The van der Waals surface area contributed by atoms with Gasteiger partial charge in [-0.15, -0.1) is 10.2 Å². The standard InChI is InChI=1S/C27H30N4O4S/c1-4-5-25-30-31-27(36-25)29-26(32)22(18-28)17-21-7-10-23(11-8-21)34-14-12-33-13-15-35-24-9-6-19(2)20(3)16-24/h6-11,16-17H,4-5,12-15H2,1-3H3,(H,29,31,32)/b22-17-. The molecule has 0 fully saturated rings. The summed E-state index contributed by atoms with van der Waals surface area (Å²) in [7, 11) is 0. The van der Waals surface area contributed by atoms with Crippen LogP contribution in [-0.4, -0.2) is 42.5 Å². The van der Waals surface area contributed by atoms with Crippen molar-refractivity contribution in [3.8, 4) is 17.6 Å². The van der Waals surface area contributed by atoms with Gasteiger partial charge in [0.25, 0.3) is 5.91 Å². The Kier molecular flexibility index (Phi) is 10.4. The molecule has 3 aromatic rings. The molecule has 0 atom stereocenters. The molecule has 8 nitrogen and oxygen atoms in total. The van der Waals surface area contributed by atoms with Gasteiger partial charge < -0.3 is 14.2 Å². The van der Waals surface area contributed by atoms with Crippen LogP contribution in [0.25, 0.3) is 6.08 Å². The second-order valence-corrected chi connectivity index (χ2v) is 9.06. The summed E-state index contributed by atoms with van der Waals surface area (Å²) >= 11 is 1.31. The zero-order valence-electron chi connectivity index (χ0n) is 20.7. The van der Waals surface area contributed by atoms with Gasteiger partial charge in [0, 0.05) is 6.42 Å². The molecule has 3 rings (SSSR count). The quantitative estimate of drug-likeness (QED) is 0.195. The number of nitriles is 1. The van der Waals surface area contributed by atoms with Crippen molar-refractivity contribution < 1.29 is 19.0 Å². The van der Waals surface area contributed by atoms with Crippen LogP contribution in [0.15, 0.2) is 48.0 Å². The van der Waals surface area contributed by atoms with Crippen molar-refractivity contribution in [2.75, 3.05) is 31.7 Å². The molecule has 0 radical (unpaired) electrons. The van der Waals surface area contributed by atoms with Gasteiger partial charge in [0.2, 0.25) is 5.13 Å².